The smallest absolute Gasteiger partial charge is 0.272 e. The summed E-state index contributed by atoms with van der Waals surface area (Å²) in [7, 11) is 0. The number of hydrogen-bond donors (Lipinski definition) is 1. The Morgan fingerprint density at radius 3 is 2.57 bits per heavy atom. The fourth-order valence-corrected chi connectivity index (χ4v) is 2.45. The highest BCUT2D eigenvalue weighted by Crippen LogP contribution is 2.34. The average molecular weight is 318 g/mol. The van der Waals surface area contributed by atoms with Crippen molar-refractivity contribution in [3.8, 4) is 0 Å². The molecule has 1 aromatic carbocycles. The minimum Gasteiger partial charge on any atom is -0.272 e. The first-order valence-corrected chi connectivity index (χ1v) is 7.22. The molecule has 0 aromatic heterocycles. The monoisotopic (exact) mass is 318 g/mol. The molecule has 1 aromatic rings. The second-order valence-electron chi connectivity index (χ2n) is 5.80. The molecule has 0 saturated carbocycles. The molecule has 1 aliphatic rings. The van der Waals surface area contributed by atoms with Gasteiger partial charge in [0.15, 0.2) is 0 Å². The van der Waals surface area contributed by atoms with Gasteiger partial charge in [0.05, 0.1) is 15.9 Å². The number of anilines is 1. The number of non-ortho nitro benzene ring substituents is 1. The number of nitrogens with one attached hydrogen (secondary N) is 1. The number of nitro benzene ring substituents is 2. The van der Waals surface area contributed by atoms with Gasteiger partial charge in [-0.3, -0.25) is 25.7 Å². The average Bonchev–Trinajstić information content (AvgIpc) is 2.52. The van der Waals surface area contributed by atoms with Crippen LogP contribution in [0.15, 0.2) is 35.5 Å². The van der Waals surface area contributed by atoms with Crippen molar-refractivity contribution >= 4 is 22.8 Å². The standard InChI is InChI=1S/C15H18N4O4/c1-11(15(2)8-4-3-5-9-15)16-17-13-7-6-12(18(20)21)10-14(13)19(22)23/h3-4,6-7,10,17H,5,8-9H2,1-2H3/b16-11+/t15-/m1/s1. The maximum absolute atomic E-state index is 11.1. The van der Waals surface area contributed by atoms with E-state index < -0.39 is 9.85 Å². The number of benzene rings is 1. The van der Waals surface area contributed by atoms with Crippen LogP contribution in [0, 0.1) is 25.6 Å². The Morgan fingerprint density at radius 2 is 2.00 bits per heavy atom. The molecule has 8 nitrogen and oxygen atoms in total. The van der Waals surface area contributed by atoms with E-state index in [2.05, 4.69) is 29.6 Å². The lowest BCUT2D eigenvalue weighted by molar-refractivity contribution is -0.393. The van der Waals surface area contributed by atoms with E-state index in [1.165, 1.54) is 12.1 Å². The van der Waals surface area contributed by atoms with E-state index in [4.69, 9.17) is 0 Å². The first kappa shape index (κ1) is 16.6. The molecule has 0 radical (unpaired) electrons. The van der Waals surface area contributed by atoms with Crippen LogP contribution in [0.3, 0.4) is 0 Å². The zero-order valence-electron chi connectivity index (χ0n) is 13.0. The van der Waals surface area contributed by atoms with Gasteiger partial charge in [-0.1, -0.05) is 19.1 Å². The van der Waals surface area contributed by atoms with E-state index in [1.54, 1.807) is 0 Å². The van der Waals surface area contributed by atoms with Crippen molar-refractivity contribution in [1.82, 2.24) is 0 Å². The molecule has 23 heavy (non-hydrogen) atoms. The van der Waals surface area contributed by atoms with E-state index in [0.29, 0.717) is 0 Å². The summed E-state index contributed by atoms with van der Waals surface area (Å²) in [6.07, 6.45) is 7.04. The topological polar surface area (TPSA) is 111 Å². The number of hydrazone groups is 1. The van der Waals surface area contributed by atoms with Crippen molar-refractivity contribution < 1.29 is 9.85 Å². The minimum absolute atomic E-state index is 0.0860. The van der Waals surface area contributed by atoms with Crippen LogP contribution in [0.4, 0.5) is 17.1 Å². The van der Waals surface area contributed by atoms with Gasteiger partial charge in [-0.05, 0) is 32.3 Å². The Morgan fingerprint density at radius 1 is 1.26 bits per heavy atom. The molecule has 0 unspecified atom stereocenters. The number of hydrogen-bond acceptors (Lipinski definition) is 6. The third-order valence-corrected chi connectivity index (χ3v) is 4.20. The Balaban J connectivity index is 2.25. The van der Waals surface area contributed by atoms with Gasteiger partial charge < -0.3 is 0 Å². The molecular formula is C15H18N4O4. The van der Waals surface area contributed by atoms with E-state index in [0.717, 1.165) is 31.0 Å². The Labute approximate surface area is 133 Å². The molecule has 0 bridgehead atoms. The fraction of sp³-hybridized carbons (Fsp3) is 0.400. The SMILES string of the molecule is C/C(=N\Nc1ccc([N+](=O)[O-])cc1[N+](=O)[O-])[C@]1(C)CC=CCC1. The molecule has 2 rings (SSSR count). The summed E-state index contributed by atoms with van der Waals surface area (Å²) in [5.74, 6) is 0. The van der Waals surface area contributed by atoms with Gasteiger partial charge >= 0.3 is 5.69 Å². The lowest BCUT2D eigenvalue weighted by Crippen LogP contribution is -2.27. The number of allylic oxidation sites excluding steroid dienone is 2. The zero-order valence-corrected chi connectivity index (χ0v) is 13.0. The Bertz CT molecular complexity index is 699. The molecule has 1 atom stereocenters. The first-order chi connectivity index (χ1) is 10.8. The molecule has 122 valence electrons. The highest BCUT2D eigenvalue weighted by atomic mass is 16.6. The van der Waals surface area contributed by atoms with E-state index in [-0.39, 0.29) is 22.5 Å². The van der Waals surface area contributed by atoms with E-state index in [9.17, 15) is 20.2 Å². The molecule has 1 aliphatic carbocycles. The van der Waals surface area contributed by atoms with Gasteiger partial charge in [0.25, 0.3) is 5.69 Å². The molecule has 1 N–H and O–H groups in total. The summed E-state index contributed by atoms with van der Waals surface area (Å²) >= 11 is 0. The molecule has 0 aliphatic heterocycles. The largest absolute Gasteiger partial charge is 0.301 e. The summed E-state index contributed by atoms with van der Waals surface area (Å²) in [6, 6.07) is 3.44. The van der Waals surface area contributed by atoms with Crippen LogP contribution in [0.5, 0.6) is 0 Å². The Hall–Kier alpha value is -2.77. The molecule has 0 heterocycles. The predicted molar refractivity (Wildman–Crippen MR) is 87.6 cm³/mol. The molecular weight excluding hydrogens is 300 g/mol. The number of nitro groups is 2. The van der Waals surface area contributed by atoms with Crippen LogP contribution in [0.2, 0.25) is 0 Å². The third kappa shape index (κ3) is 3.71. The quantitative estimate of drug-likeness (QED) is 0.381. The first-order valence-electron chi connectivity index (χ1n) is 7.22. The second kappa shape index (κ2) is 6.55. The van der Waals surface area contributed by atoms with Crippen molar-refractivity contribution in [2.45, 2.75) is 33.1 Å². The van der Waals surface area contributed by atoms with Crippen LogP contribution < -0.4 is 5.43 Å². The van der Waals surface area contributed by atoms with Gasteiger partial charge in [0, 0.05) is 17.2 Å². The van der Waals surface area contributed by atoms with Crippen LogP contribution in [0.1, 0.15) is 33.1 Å². The molecule has 0 fully saturated rings. The van der Waals surface area contributed by atoms with Crippen molar-refractivity contribution in [1.29, 1.82) is 0 Å². The maximum Gasteiger partial charge on any atom is 0.301 e. The van der Waals surface area contributed by atoms with Crippen molar-refractivity contribution in [3.05, 3.63) is 50.6 Å². The van der Waals surface area contributed by atoms with Crippen LogP contribution in [-0.4, -0.2) is 15.6 Å². The maximum atomic E-state index is 11.1. The summed E-state index contributed by atoms with van der Waals surface area (Å²) in [6.45, 7) is 3.98. The van der Waals surface area contributed by atoms with Crippen molar-refractivity contribution in [3.63, 3.8) is 0 Å². The lowest BCUT2D eigenvalue weighted by atomic mass is 9.75. The van der Waals surface area contributed by atoms with Gasteiger partial charge in [-0.15, -0.1) is 0 Å². The number of nitrogens with zero attached hydrogens (tertiary/aromatic N) is 3. The third-order valence-electron chi connectivity index (χ3n) is 4.20. The lowest BCUT2D eigenvalue weighted by Gasteiger charge is -2.30. The van der Waals surface area contributed by atoms with Gasteiger partial charge in [0.2, 0.25) is 0 Å². The van der Waals surface area contributed by atoms with Crippen LogP contribution >= 0.6 is 0 Å². The second-order valence-corrected chi connectivity index (χ2v) is 5.80. The predicted octanol–water partition coefficient (Wildman–Crippen LogP) is 4.04. The summed E-state index contributed by atoms with van der Waals surface area (Å²) in [4.78, 5) is 20.5. The summed E-state index contributed by atoms with van der Waals surface area (Å²) < 4.78 is 0. The molecule has 0 saturated heterocycles. The van der Waals surface area contributed by atoms with Crippen LogP contribution in [-0.2, 0) is 0 Å². The highest BCUT2D eigenvalue weighted by Gasteiger charge is 2.28. The summed E-state index contributed by atoms with van der Waals surface area (Å²) in [5.41, 5.74) is 2.88. The Kier molecular flexibility index (Phi) is 4.73. The highest BCUT2D eigenvalue weighted by molar-refractivity contribution is 5.88. The fourth-order valence-electron chi connectivity index (χ4n) is 2.45. The van der Waals surface area contributed by atoms with E-state index >= 15 is 0 Å². The van der Waals surface area contributed by atoms with Crippen molar-refractivity contribution in [2.75, 3.05) is 5.43 Å². The normalized spacial score (nSPS) is 21.0. The minimum atomic E-state index is -0.666. The van der Waals surface area contributed by atoms with Gasteiger partial charge in [0.1, 0.15) is 5.69 Å². The molecule has 0 spiro atoms. The zero-order chi connectivity index (χ0) is 17.0. The molecule has 0 amide bonds. The summed E-state index contributed by atoms with van der Waals surface area (Å²) in [5, 5.41) is 26.1. The van der Waals surface area contributed by atoms with Gasteiger partial charge in [-0.25, -0.2) is 0 Å². The molecule has 8 heteroatoms. The van der Waals surface area contributed by atoms with Gasteiger partial charge in [-0.2, -0.15) is 5.10 Å². The number of rotatable bonds is 5. The van der Waals surface area contributed by atoms with E-state index in [1.807, 2.05) is 6.92 Å². The van der Waals surface area contributed by atoms with Crippen LogP contribution in [0.25, 0.3) is 0 Å². The van der Waals surface area contributed by atoms with Crippen molar-refractivity contribution in [2.24, 2.45) is 10.5 Å².